The third kappa shape index (κ3) is 1.16. The third-order valence-electron chi connectivity index (χ3n) is 2.38. The van der Waals surface area contributed by atoms with E-state index in [0.717, 1.165) is 23.6 Å². The molecule has 0 aliphatic carbocycles. The summed E-state index contributed by atoms with van der Waals surface area (Å²) in [5, 5.41) is 0. The molecule has 2 nitrogen and oxygen atoms in total. The largest absolute Gasteiger partial charge is 0.463 e. The number of hydrogen-bond acceptors (Lipinski definition) is 3. The molecular formula is C11H9NOS. The van der Waals surface area contributed by atoms with Crippen LogP contribution < -0.4 is 4.74 Å². The molecule has 1 aromatic heterocycles. The van der Waals surface area contributed by atoms with Gasteiger partial charge in [-0.1, -0.05) is 0 Å². The monoisotopic (exact) mass is 203 g/mol. The summed E-state index contributed by atoms with van der Waals surface area (Å²) in [4.78, 5) is 5.69. The summed E-state index contributed by atoms with van der Waals surface area (Å²) < 4.78 is 5.49. The van der Waals surface area contributed by atoms with Gasteiger partial charge in [0, 0.05) is 16.9 Å². The summed E-state index contributed by atoms with van der Waals surface area (Å²) >= 11 is 1.88. The van der Waals surface area contributed by atoms with Crippen LogP contribution in [-0.2, 0) is 0 Å². The second-order valence-electron chi connectivity index (χ2n) is 3.21. The molecule has 0 bridgehead atoms. The van der Waals surface area contributed by atoms with Gasteiger partial charge in [-0.25, -0.2) is 0 Å². The van der Waals surface area contributed by atoms with E-state index in [9.17, 15) is 0 Å². The predicted molar refractivity (Wildman–Crippen MR) is 58.0 cm³/mol. The molecule has 0 saturated carbocycles. The van der Waals surface area contributed by atoms with Gasteiger partial charge in [0.15, 0.2) is 5.75 Å². The molecular weight excluding hydrogens is 194 g/mol. The Labute approximate surface area is 86.7 Å². The molecule has 0 N–H and O–H groups in total. The van der Waals surface area contributed by atoms with Crippen molar-refractivity contribution in [3.8, 4) is 5.75 Å². The van der Waals surface area contributed by atoms with Crippen LogP contribution in [0.4, 0.5) is 0 Å². The van der Waals surface area contributed by atoms with Gasteiger partial charge < -0.3 is 4.74 Å². The van der Waals surface area contributed by atoms with E-state index in [0.29, 0.717) is 0 Å². The lowest BCUT2D eigenvalue weighted by molar-refractivity contribution is 0.478. The normalized spacial score (nSPS) is 18.6. The fourth-order valence-electron chi connectivity index (χ4n) is 1.74. The standard InChI is InChI=1S/C11H9NOS/c1-2-9-11(12-5-1)8-4-7-14-10(8)3-6-13-9/h1-3,5-6H,4,7H2. The first-order valence-corrected chi connectivity index (χ1v) is 5.58. The van der Waals surface area contributed by atoms with Crippen LogP contribution in [0.2, 0.25) is 0 Å². The number of hydrogen-bond donors (Lipinski definition) is 0. The van der Waals surface area contributed by atoms with Crippen molar-refractivity contribution in [1.29, 1.82) is 0 Å². The highest BCUT2D eigenvalue weighted by atomic mass is 32.2. The molecule has 0 radical (unpaired) electrons. The van der Waals surface area contributed by atoms with Gasteiger partial charge in [0.05, 0.1) is 6.26 Å². The zero-order valence-electron chi connectivity index (χ0n) is 7.56. The molecule has 2 aliphatic heterocycles. The van der Waals surface area contributed by atoms with Gasteiger partial charge in [-0.05, 0) is 30.2 Å². The van der Waals surface area contributed by atoms with E-state index in [-0.39, 0.29) is 0 Å². The maximum absolute atomic E-state index is 5.49. The SMILES string of the molecule is C1=CC2=C(CCS2)c2ncccc2O1. The Hall–Kier alpha value is -1.22. The first-order valence-electron chi connectivity index (χ1n) is 4.60. The third-order valence-corrected chi connectivity index (χ3v) is 3.48. The molecule has 3 heteroatoms. The van der Waals surface area contributed by atoms with Crippen LogP contribution in [0.3, 0.4) is 0 Å². The van der Waals surface area contributed by atoms with E-state index in [1.54, 1.807) is 6.26 Å². The lowest BCUT2D eigenvalue weighted by atomic mass is 10.1. The number of pyridine rings is 1. The number of nitrogens with zero attached hydrogens (tertiary/aromatic N) is 1. The number of fused-ring (bicyclic) bond motifs is 2. The highest BCUT2D eigenvalue weighted by molar-refractivity contribution is 8.03. The molecule has 0 atom stereocenters. The van der Waals surface area contributed by atoms with Gasteiger partial charge in [0.25, 0.3) is 0 Å². The minimum absolute atomic E-state index is 0.872. The van der Waals surface area contributed by atoms with E-state index in [1.807, 2.05) is 36.2 Å². The van der Waals surface area contributed by atoms with Crippen molar-refractivity contribution in [2.24, 2.45) is 0 Å². The quantitative estimate of drug-likeness (QED) is 0.647. The Morgan fingerprint density at radius 1 is 1.43 bits per heavy atom. The van der Waals surface area contributed by atoms with Gasteiger partial charge in [-0.3, -0.25) is 4.98 Å². The first kappa shape index (κ1) is 8.12. The van der Waals surface area contributed by atoms with Crippen LogP contribution >= 0.6 is 11.8 Å². The molecule has 3 rings (SSSR count). The Kier molecular flexibility index (Phi) is 1.84. The minimum Gasteiger partial charge on any atom is -0.463 e. The summed E-state index contributed by atoms with van der Waals surface area (Å²) in [6.45, 7) is 0. The first-order chi connectivity index (χ1) is 6.95. The smallest absolute Gasteiger partial charge is 0.152 e. The minimum atomic E-state index is 0.872. The molecule has 2 aliphatic rings. The summed E-state index contributed by atoms with van der Waals surface area (Å²) in [6, 6.07) is 3.87. The second-order valence-corrected chi connectivity index (χ2v) is 4.35. The lowest BCUT2D eigenvalue weighted by Gasteiger charge is -2.05. The van der Waals surface area contributed by atoms with E-state index >= 15 is 0 Å². The lowest BCUT2D eigenvalue weighted by Crippen LogP contribution is -1.91. The molecule has 0 unspecified atom stereocenters. The van der Waals surface area contributed by atoms with Crippen molar-refractivity contribution in [2.75, 3.05) is 5.75 Å². The Bertz CT molecular complexity index is 437. The fourth-order valence-corrected chi connectivity index (χ4v) is 2.79. The molecule has 70 valence electrons. The number of thioether (sulfide) groups is 1. The predicted octanol–water partition coefficient (Wildman–Crippen LogP) is 2.84. The average molecular weight is 203 g/mol. The van der Waals surface area contributed by atoms with Crippen molar-refractivity contribution in [3.05, 3.63) is 41.3 Å². The molecule has 0 spiro atoms. The van der Waals surface area contributed by atoms with E-state index in [1.165, 1.54) is 10.5 Å². The zero-order chi connectivity index (χ0) is 9.38. The van der Waals surface area contributed by atoms with Crippen molar-refractivity contribution in [2.45, 2.75) is 6.42 Å². The highest BCUT2D eigenvalue weighted by Gasteiger charge is 2.21. The van der Waals surface area contributed by atoms with Gasteiger partial charge in [0.1, 0.15) is 5.69 Å². The molecule has 1 aromatic rings. The number of aromatic nitrogens is 1. The molecule has 0 aromatic carbocycles. The average Bonchev–Trinajstić information content (AvgIpc) is 2.61. The van der Waals surface area contributed by atoms with Crippen LogP contribution in [0.15, 0.2) is 35.6 Å². The number of ether oxygens (including phenoxy) is 1. The molecule has 14 heavy (non-hydrogen) atoms. The Balaban J connectivity index is 2.22. The maximum atomic E-state index is 5.49. The van der Waals surface area contributed by atoms with Crippen molar-refractivity contribution < 1.29 is 4.74 Å². The van der Waals surface area contributed by atoms with Crippen molar-refractivity contribution in [1.82, 2.24) is 4.98 Å². The van der Waals surface area contributed by atoms with E-state index < -0.39 is 0 Å². The van der Waals surface area contributed by atoms with Crippen molar-refractivity contribution >= 4 is 17.3 Å². The van der Waals surface area contributed by atoms with E-state index in [4.69, 9.17) is 4.74 Å². The molecule has 3 heterocycles. The van der Waals surface area contributed by atoms with Crippen molar-refractivity contribution in [3.63, 3.8) is 0 Å². The number of allylic oxidation sites excluding steroid dienone is 2. The highest BCUT2D eigenvalue weighted by Crippen LogP contribution is 2.41. The van der Waals surface area contributed by atoms with Crippen LogP contribution in [0.25, 0.3) is 5.57 Å². The molecule has 0 fully saturated rings. The Morgan fingerprint density at radius 3 is 3.43 bits per heavy atom. The van der Waals surface area contributed by atoms with Crippen LogP contribution in [0, 0.1) is 0 Å². The fraction of sp³-hybridized carbons (Fsp3) is 0.182. The second kappa shape index (κ2) is 3.17. The topological polar surface area (TPSA) is 22.1 Å². The van der Waals surface area contributed by atoms with Gasteiger partial charge in [0.2, 0.25) is 0 Å². The summed E-state index contributed by atoms with van der Waals surface area (Å²) in [5.74, 6) is 2.03. The molecule has 0 saturated heterocycles. The summed E-state index contributed by atoms with van der Waals surface area (Å²) in [7, 11) is 0. The maximum Gasteiger partial charge on any atom is 0.152 e. The summed E-state index contributed by atoms with van der Waals surface area (Å²) in [5.41, 5.74) is 2.34. The Morgan fingerprint density at radius 2 is 2.43 bits per heavy atom. The number of rotatable bonds is 0. The van der Waals surface area contributed by atoms with Gasteiger partial charge in [-0.2, -0.15) is 0 Å². The van der Waals surface area contributed by atoms with Crippen LogP contribution in [-0.4, -0.2) is 10.7 Å². The van der Waals surface area contributed by atoms with Crippen LogP contribution in [0.5, 0.6) is 5.75 Å². The molecule has 0 amide bonds. The van der Waals surface area contributed by atoms with E-state index in [2.05, 4.69) is 4.98 Å². The van der Waals surface area contributed by atoms with Crippen LogP contribution in [0.1, 0.15) is 12.1 Å². The van der Waals surface area contributed by atoms with Gasteiger partial charge in [-0.15, -0.1) is 11.8 Å². The zero-order valence-corrected chi connectivity index (χ0v) is 8.38. The summed E-state index contributed by atoms with van der Waals surface area (Å²) in [6.07, 6.45) is 6.70. The van der Waals surface area contributed by atoms with Gasteiger partial charge >= 0.3 is 0 Å².